The zero-order valence-electron chi connectivity index (χ0n) is 19.4. The van der Waals surface area contributed by atoms with E-state index in [4.69, 9.17) is 4.43 Å². The van der Waals surface area contributed by atoms with Crippen LogP contribution in [0.5, 0.6) is 0 Å². The van der Waals surface area contributed by atoms with E-state index in [0.29, 0.717) is 6.54 Å². The molecule has 1 aromatic carbocycles. The van der Waals surface area contributed by atoms with Crippen LogP contribution in [0.1, 0.15) is 46.6 Å². The van der Waals surface area contributed by atoms with Gasteiger partial charge in [0.05, 0.1) is 12.2 Å². The highest BCUT2D eigenvalue weighted by molar-refractivity contribution is 6.74. The van der Waals surface area contributed by atoms with Crippen LogP contribution in [0.4, 0.5) is 0 Å². The fraction of sp³-hybridized carbons (Fsp3) is 0.696. The van der Waals surface area contributed by atoms with Crippen LogP contribution in [0.3, 0.4) is 0 Å². The number of amides is 1. The lowest BCUT2D eigenvalue weighted by Gasteiger charge is -2.53. The number of nitrogens with one attached hydrogen (secondary N) is 1. The molecule has 1 aliphatic rings. The smallest absolute Gasteiger partial charge is 0.239 e. The molecular weight excluding hydrogens is 380 g/mol. The summed E-state index contributed by atoms with van der Waals surface area (Å²) in [7, 11) is -0.520. The third-order valence-corrected chi connectivity index (χ3v) is 11.4. The van der Waals surface area contributed by atoms with Crippen LogP contribution in [-0.2, 0) is 15.8 Å². The molecule has 1 fully saturated rings. The minimum atomic E-state index is -2.18. The summed E-state index contributed by atoms with van der Waals surface area (Å²) >= 11 is 0. The second kappa shape index (κ2) is 9.29. The molecule has 5 atom stereocenters. The number of carbonyl (C=O) groups excluding carboxylic acids is 1. The monoisotopic (exact) mass is 420 g/mol. The average molecular weight is 421 g/mol. The summed E-state index contributed by atoms with van der Waals surface area (Å²) in [6.45, 7) is 15.8. The topological polar surface area (TPSA) is 61.8 Å². The fourth-order valence-electron chi connectivity index (χ4n) is 4.13. The molecule has 29 heavy (non-hydrogen) atoms. The molecule has 2 N–H and O–H groups in total. The number of aliphatic hydroxyl groups excluding tert-OH is 1. The van der Waals surface area contributed by atoms with Gasteiger partial charge < -0.3 is 14.8 Å². The van der Waals surface area contributed by atoms with Crippen LogP contribution in [0.15, 0.2) is 30.3 Å². The molecule has 0 radical (unpaired) electrons. The molecule has 1 heterocycles. The van der Waals surface area contributed by atoms with Gasteiger partial charge in [-0.1, -0.05) is 65.0 Å². The number of likely N-dealkylation sites (N-methyl/N-ethyl adjacent to an activating group) is 1. The standard InChI is InChI=1S/C23H40N2O3Si/c1-9-18-16(2)20(26)21(28-29(7,8)23(3,4)5)19(22(27)24-6)25(18)15-17-13-11-10-12-14-17/h10-14,16,18-21,26H,9,15H2,1-8H3,(H,24,27)/t16-,18-,19+,20+,21-/m1/s1. The van der Waals surface area contributed by atoms with Crippen molar-refractivity contribution in [1.29, 1.82) is 0 Å². The Morgan fingerprint density at radius 3 is 2.31 bits per heavy atom. The zero-order valence-corrected chi connectivity index (χ0v) is 20.4. The number of likely N-dealkylation sites (tertiary alicyclic amines) is 1. The van der Waals surface area contributed by atoms with E-state index in [0.717, 1.165) is 12.0 Å². The van der Waals surface area contributed by atoms with Crippen molar-refractivity contribution >= 4 is 14.2 Å². The Morgan fingerprint density at radius 2 is 1.83 bits per heavy atom. The van der Waals surface area contributed by atoms with Gasteiger partial charge in [0.15, 0.2) is 8.32 Å². The largest absolute Gasteiger partial charge is 0.409 e. The predicted molar refractivity (Wildman–Crippen MR) is 121 cm³/mol. The second-order valence-corrected chi connectivity index (χ2v) is 14.6. The van der Waals surface area contributed by atoms with Gasteiger partial charge in [0.1, 0.15) is 6.04 Å². The molecule has 2 rings (SSSR count). The summed E-state index contributed by atoms with van der Waals surface area (Å²) in [5.41, 5.74) is 1.16. The van der Waals surface area contributed by atoms with Gasteiger partial charge in [0, 0.05) is 25.6 Å². The molecule has 164 valence electrons. The van der Waals surface area contributed by atoms with Crippen LogP contribution < -0.4 is 5.32 Å². The summed E-state index contributed by atoms with van der Waals surface area (Å²) in [4.78, 5) is 15.4. The van der Waals surface area contributed by atoms with Gasteiger partial charge in [0.2, 0.25) is 5.91 Å². The minimum absolute atomic E-state index is 0.00490. The lowest BCUT2D eigenvalue weighted by Crippen LogP contribution is -2.69. The minimum Gasteiger partial charge on any atom is -0.409 e. The van der Waals surface area contributed by atoms with Gasteiger partial charge in [-0.05, 0) is 30.1 Å². The molecule has 0 saturated carbocycles. The maximum Gasteiger partial charge on any atom is 0.239 e. The van der Waals surface area contributed by atoms with Crippen LogP contribution in [-0.4, -0.2) is 55.6 Å². The van der Waals surface area contributed by atoms with Gasteiger partial charge in [0.25, 0.3) is 0 Å². The van der Waals surface area contributed by atoms with Crippen molar-refractivity contribution < 1.29 is 14.3 Å². The Hall–Kier alpha value is -1.21. The Kier molecular flexibility index (Phi) is 7.71. The van der Waals surface area contributed by atoms with E-state index < -0.39 is 26.6 Å². The highest BCUT2D eigenvalue weighted by Gasteiger charge is 2.52. The van der Waals surface area contributed by atoms with Crippen LogP contribution in [0.25, 0.3) is 0 Å². The third kappa shape index (κ3) is 5.10. The van der Waals surface area contributed by atoms with E-state index in [2.05, 4.69) is 70.1 Å². The van der Waals surface area contributed by atoms with Crippen molar-refractivity contribution in [1.82, 2.24) is 10.2 Å². The van der Waals surface area contributed by atoms with Crippen molar-refractivity contribution in [2.24, 2.45) is 5.92 Å². The maximum atomic E-state index is 13.1. The number of piperidine rings is 1. The highest BCUT2D eigenvalue weighted by Crippen LogP contribution is 2.41. The first-order valence-corrected chi connectivity index (χ1v) is 13.7. The molecule has 0 spiro atoms. The molecule has 1 aliphatic heterocycles. The lowest BCUT2D eigenvalue weighted by atomic mass is 9.80. The van der Waals surface area contributed by atoms with Crippen LogP contribution in [0, 0.1) is 5.92 Å². The average Bonchev–Trinajstić information content (AvgIpc) is 2.65. The van der Waals surface area contributed by atoms with Crippen molar-refractivity contribution in [2.75, 3.05) is 7.05 Å². The lowest BCUT2D eigenvalue weighted by molar-refractivity contribution is -0.155. The zero-order chi connectivity index (χ0) is 22.0. The molecular formula is C23H40N2O3Si. The van der Waals surface area contributed by atoms with Gasteiger partial charge in [-0.25, -0.2) is 0 Å². The van der Waals surface area contributed by atoms with E-state index in [-0.39, 0.29) is 22.9 Å². The summed E-state index contributed by atoms with van der Waals surface area (Å²) in [5, 5.41) is 14.1. The van der Waals surface area contributed by atoms with Crippen LogP contribution in [0.2, 0.25) is 18.1 Å². The maximum absolute atomic E-state index is 13.1. The predicted octanol–water partition coefficient (Wildman–Crippen LogP) is 3.78. The summed E-state index contributed by atoms with van der Waals surface area (Å²) < 4.78 is 6.71. The first-order valence-electron chi connectivity index (χ1n) is 10.8. The molecule has 1 amide bonds. The van der Waals surface area contributed by atoms with Gasteiger partial charge in [-0.15, -0.1) is 0 Å². The van der Waals surface area contributed by atoms with Crippen molar-refractivity contribution in [3.63, 3.8) is 0 Å². The first kappa shape index (κ1) is 24.1. The van der Waals surface area contributed by atoms with Gasteiger partial charge >= 0.3 is 0 Å². The van der Waals surface area contributed by atoms with E-state index in [1.165, 1.54) is 0 Å². The van der Waals surface area contributed by atoms with E-state index in [9.17, 15) is 9.90 Å². The molecule has 0 aliphatic carbocycles. The quantitative estimate of drug-likeness (QED) is 0.688. The molecule has 1 aromatic rings. The number of aliphatic hydroxyl groups is 1. The molecule has 1 saturated heterocycles. The number of hydrogen-bond donors (Lipinski definition) is 2. The van der Waals surface area contributed by atoms with Crippen molar-refractivity contribution in [3.8, 4) is 0 Å². The highest BCUT2D eigenvalue weighted by atomic mass is 28.4. The normalized spacial score (nSPS) is 28.9. The van der Waals surface area contributed by atoms with Gasteiger partial charge in [-0.3, -0.25) is 9.69 Å². The molecule has 0 aromatic heterocycles. The Labute approximate surface area is 178 Å². The van der Waals surface area contributed by atoms with Crippen molar-refractivity contribution in [2.45, 2.75) is 90.0 Å². The number of rotatable bonds is 6. The van der Waals surface area contributed by atoms with E-state index in [1.54, 1.807) is 7.05 Å². The Balaban J connectivity index is 2.48. The fourth-order valence-corrected chi connectivity index (χ4v) is 5.43. The van der Waals surface area contributed by atoms with E-state index in [1.807, 2.05) is 18.2 Å². The Morgan fingerprint density at radius 1 is 1.24 bits per heavy atom. The summed E-state index contributed by atoms with van der Waals surface area (Å²) in [6.07, 6.45) is -0.355. The number of carbonyl (C=O) groups is 1. The first-order chi connectivity index (χ1) is 13.4. The SMILES string of the molecule is CC[C@@H]1[C@@H](C)[C@H](O)[C@H](O[Si](C)(C)C(C)(C)C)[C@@H](C(=O)NC)N1Cc1ccccc1. The van der Waals surface area contributed by atoms with Gasteiger partial charge in [-0.2, -0.15) is 0 Å². The van der Waals surface area contributed by atoms with Crippen LogP contribution >= 0.6 is 0 Å². The second-order valence-electron chi connectivity index (χ2n) is 9.89. The number of hydrogen-bond acceptors (Lipinski definition) is 4. The summed E-state index contributed by atoms with van der Waals surface area (Å²) in [6, 6.07) is 9.81. The number of benzene rings is 1. The molecule has 0 unspecified atom stereocenters. The molecule has 5 nitrogen and oxygen atoms in total. The molecule has 0 bridgehead atoms. The van der Waals surface area contributed by atoms with Crippen molar-refractivity contribution in [3.05, 3.63) is 35.9 Å². The third-order valence-electron chi connectivity index (χ3n) is 6.95. The molecule has 6 heteroatoms. The number of nitrogens with zero attached hydrogens (tertiary/aromatic N) is 1. The Bertz CT molecular complexity index is 674. The van der Waals surface area contributed by atoms with E-state index >= 15 is 0 Å². The summed E-state index contributed by atoms with van der Waals surface area (Å²) in [5.74, 6) is -0.0755.